The minimum atomic E-state index is -0.0390. The SMILES string of the molecule is C=CCn1c(SCC(=O)N[C@H](C)c2ccccc2)nnc1-c1ccccc1C. The number of benzene rings is 2. The first kappa shape index (κ1) is 19.9. The van der Waals surface area contributed by atoms with Crippen LogP contribution in [0.4, 0.5) is 0 Å². The van der Waals surface area contributed by atoms with Gasteiger partial charge in [-0.1, -0.05) is 72.4 Å². The van der Waals surface area contributed by atoms with E-state index in [-0.39, 0.29) is 17.7 Å². The Kier molecular flexibility index (Phi) is 6.66. The maximum absolute atomic E-state index is 12.4. The molecule has 0 saturated carbocycles. The van der Waals surface area contributed by atoms with Gasteiger partial charge in [0.25, 0.3) is 0 Å². The number of rotatable bonds is 8. The zero-order valence-electron chi connectivity index (χ0n) is 16.1. The third-order valence-corrected chi connectivity index (χ3v) is 5.39. The van der Waals surface area contributed by atoms with Crippen molar-refractivity contribution in [2.24, 2.45) is 0 Å². The van der Waals surface area contributed by atoms with Gasteiger partial charge in [-0.3, -0.25) is 9.36 Å². The number of hydrogen-bond donors (Lipinski definition) is 1. The van der Waals surface area contributed by atoms with Crippen LogP contribution in [0.5, 0.6) is 0 Å². The highest BCUT2D eigenvalue weighted by molar-refractivity contribution is 7.99. The molecule has 0 bridgehead atoms. The lowest BCUT2D eigenvalue weighted by molar-refractivity contribution is -0.119. The summed E-state index contributed by atoms with van der Waals surface area (Å²) >= 11 is 1.38. The van der Waals surface area contributed by atoms with Gasteiger partial charge in [-0.15, -0.1) is 16.8 Å². The molecule has 0 radical (unpaired) electrons. The van der Waals surface area contributed by atoms with Gasteiger partial charge in [0.1, 0.15) is 0 Å². The maximum atomic E-state index is 12.4. The molecule has 0 aliphatic rings. The highest BCUT2D eigenvalue weighted by Gasteiger charge is 2.17. The Morgan fingerprint density at radius 3 is 2.61 bits per heavy atom. The van der Waals surface area contributed by atoms with Crippen LogP contribution < -0.4 is 5.32 Å². The number of nitrogens with one attached hydrogen (secondary N) is 1. The van der Waals surface area contributed by atoms with Crippen LogP contribution in [0.2, 0.25) is 0 Å². The fourth-order valence-corrected chi connectivity index (χ4v) is 3.71. The van der Waals surface area contributed by atoms with Crippen molar-refractivity contribution in [1.29, 1.82) is 0 Å². The Morgan fingerprint density at radius 1 is 1.18 bits per heavy atom. The van der Waals surface area contributed by atoms with Crippen molar-refractivity contribution in [3.63, 3.8) is 0 Å². The molecule has 6 heteroatoms. The van der Waals surface area contributed by atoms with E-state index in [0.717, 1.165) is 22.5 Å². The molecule has 1 aromatic heterocycles. The van der Waals surface area contributed by atoms with Crippen molar-refractivity contribution < 1.29 is 4.79 Å². The molecule has 0 spiro atoms. The van der Waals surface area contributed by atoms with Crippen molar-refractivity contribution in [1.82, 2.24) is 20.1 Å². The number of nitrogens with zero attached hydrogens (tertiary/aromatic N) is 3. The third-order valence-electron chi connectivity index (χ3n) is 4.42. The van der Waals surface area contributed by atoms with Crippen molar-refractivity contribution in [2.45, 2.75) is 31.6 Å². The normalized spacial score (nSPS) is 11.8. The second-order valence-corrected chi connectivity index (χ2v) is 7.45. The van der Waals surface area contributed by atoms with Gasteiger partial charge in [0, 0.05) is 12.1 Å². The Bertz CT molecular complexity index is 952. The predicted octanol–water partition coefficient (Wildman–Crippen LogP) is 4.41. The second kappa shape index (κ2) is 9.37. The molecule has 144 valence electrons. The van der Waals surface area contributed by atoms with Gasteiger partial charge >= 0.3 is 0 Å². The summed E-state index contributed by atoms with van der Waals surface area (Å²) in [5.41, 5.74) is 3.24. The molecule has 0 fully saturated rings. The molecule has 1 heterocycles. The molecule has 3 rings (SSSR count). The smallest absolute Gasteiger partial charge is 0.230 e. The standard InChI is InChI=1S/C22H24N4OS/c1-4-14-26-21(19-13-9-8-10-16(19)2)24-25-22(26)28-15-20(27)23-17(3)18-11-6-5-7-12-18/h4-13,17H,1,14-15H2,2-3H3,(H,23,27)/t17-/m1/s1. The molecule has 2 aromatic carbocycles. The van der Waals surface area contributed by atoms with E-state index in [2.05, 4.69) is 22.1 Å². The molecule has 28 heavy (non-hydrogen) atoms. The second-order valence-electron chi connectivity index (χ2n) is 6.51. The van der Waals surface area contributed by atoms with E-state index in [1.54, 1.807) is 0 Å². The van der Waals surface area contributed by atoms with Crippen LogP contribution in [0, 0.1) is 6.92 Å². The van der Waals surface area contributed by atoms with Crippen LogP contribution in [0.25, 0.3) is 11.4 Å². The fourth-order valence-electron chi connectivity index (χ4n) is 2.95. The number of carbonyl (C=O) groups excluding carboxylic acids is 1. The summed E-state index contributed by atoms with van der Waals surface area (Å²) in [5, 5.41) is 12.4. The highest BCUT2D eigenvalue weighted by Crippen LogP contribution is 2.26. The van der Waals surface area contributed by atoms with Gasteiger partial charge in [0.15, 0.2) is 11.0 Å². The summed E-state index contributed by atoms with van der Waals surface area (Å²) in [6.07, 6.45) is 1.81. The Labute approximate surface area is 169 Å². The predicted molar refractivity (Wildman–Crippen MR) is 114 cm³/mol. The lowest BCUT2D eigenvalue weighted by Crippen LogP contribution is -2.28. The molecule has 1 atom stereocenters. The zero-order valence-corrected chi connectivity index (χ0v) is 16.9. The molecule has 0 aliphatic carbocycles. The Hall–Kier alpha value is -2.86. The molecule has 1 amide bonds. The minimum absolute atomic E-state index is 0.0352. The van der Waals surface area contributed by atoms with Crippen LogP contribution >= 0.6 is 11.8 Å². The Balaban J connectivity index is 1.70. The van der Waals surface area contributed by atoms with E-state index < -0.39 is 0 Å². The van der Waals surface area contributed by atoms with Gasteiger partial charge in [-0.05, 0) is 25.0 Å². The van der Waals surface area contributed by atoms with Gasteiger partial charge in [-0.2, -0.15) is 0 Å². The van der Waals surface area contributed by atoms with E-state index in [1.165, 1.54) is 11.8 Å². The molecule has 0 unspecified atom stereocenters. The van der Waals surface area contributed by atoms with E-state index in [0.29, 0.717) is 11.7 Å². The van der Waals surface area contributed by atoms with Crippen LogP contribution in [0.15, 0.2) is 72.4 Å². The highest BCUT2D eigenvalue weighted by atomic mass is 32.2. The summed E-state index contributed by atoms with van der Waals surface area (Å²) in [6, 6.07) is 17.9. The summed E-state index contributed by atoms with van der Waals surface area (Å²) in [7, 11) is 0. The lowest BCUT2D eigenvalue weighted by atomic mass is 10.1. The average molecular weight is 393 g/mol. The van der Waals surface area contributed by atoms with Gasteiger partial charge < -0.3 is 5.32 Å². The lowest BCUT2D eigenvalue weighted by Gasteiger charge is -2.14. The van der Waals surface area contributed by atoms with E-state index in [9.17, 15) is 4.79 Å². The number of aryl methyl sites for hydroxylation is 1. The summed E-state index contributed by atoms with van der Waals surface area (Å²) < 4.78 is 1.99. The fraction of sp³-hybridized carbons (Fsp3) is 0.227. The maximum Gasteiger partial charge on any atom is 0.230 e. The zero-order chi connectivity index (χ0) is 19.9. The summed E-state index contributed by atoms with van der Waals surface area (Å²) in [6.45, 7) is 8.45. The van der Waals surface area contributed by atoms with E-state index in [1.807, 2.05) is 79.1 Å². The van der Waals surface area contributed by atoms with E-state index >= 15 is 0 Å². The number of amides is 1. The van der Waals surface area contributed by atoms with Crippen molar-refractivity contribution in [2.75, 3.05) is 5.75 Å². The van der Waals surface area contributed by atoms with Gasteiger partial charge in [0.05, 0.1) is 11.8 Å². The van der Waals surface area contributed by atoms with Crippen molar-refractivity contribution >= 4 is 17.7 Å². The molecule has 5 nitrogen and oxygen atoms in total. The number of carbonyl (C=O) groups is 1. The number of thioether (sulfide) groups is 1. The quantitative estimate of drug-likeness (QED) is 0.456. The molecular formula is C22H24N4OS. The number of allylic oxidation sites excluding steroid dienone is 1. The van der Waals surface area contributed by atoms with Crippen molar-refractivity contribution in [3.8, 4) is 11.4 Å². The van der Waals surface area contributed by atoms with Crippen LogP contribution in [0.3, 0.4) is 0 Å². The van der Waals surface area contributed by atoms with Crippen molar-refractivity contribution in [3.05, 3.63) is 78.4 Å². The Morgan fingerprint density at radius 2 is 1.89 bits per heavy atom. The van der Waals surface area contributed by atoms with Gasteiger partial charge in [-0.25, -0.2) is 0 Å². The number of hydrogen-bond acceptors (Lipinski definition) is 4. The molecule has 0 saturated heterocycles. The first-order chi connectivity index (χ1) is 13.6. The van der Waals surface area contributed by atoms with Gasteiger partial charge in [0.2, 0.25) is 5.91 Å². The summed E-state index contributed by atoms with van der Waals surface area (Å²) in [5.74, 6) is 1.03. The minimum Gasteiger partial charge on any atom is -0.349 e. The third kappa shape index (κ3) is 4.70. The van der Waals surface area contributed by atoms with Crippen LogP contribution in [0.1, 0.15) is 24.1 Å². The van der Waals surface area contributed by atoms with Crippen LogP contribution in [-0.2, 0) is 11.3 Å². The summed E-state index contributed by atoms with van der Waals surface area (Å²) in [4.78, 5) is 12.4. The monoisotopic (exact) mass is 392 g/mol. The molecular weight excluding hydrogens is 368 g/mol. The molecule has 1 N–H and O–H groups in total. The topological polar surface area (TPSA) is 59.8 Å². The first-order valence-corrected chi connectivity index (χ1v) is 10.2. The average Bonchev–Trinajstić information content (AvgIpc) is 3.10. The largest absolute Gasteiger partial charge is 0.349 e. The van der Waals surface area contributed by atoms with Crippen LogP contribution in [-0.4, -0.2) is 26.4 Å². The molecule has 0 aliphatic heterocycles. The number of aromatic nitrogens is 3. The first-order valence-electron chi connectivity index (χ1n) is 9.17. The molecule has 3 aromatic rings. The van der Waals surface area contributed by atoms with E-state index in [4.69, 9.17) is 0 Å².